The van der Waals surface area contributed by atoms with E-state index in [9.17, 15) is 4.79 Å². The van der Waals surface area contributed by atoms with E-state index >= 15 is 0 Å². The molecule has 5 nitrogen and oxygen atoms in total. The summed E-state index contributed by atoms with van der Waals surface area (Å²) in [4.78, 5) is 17.7. The fraction of sp³-hybridized carbons (Fsp3) is 0.667. The van der Waals surface area contributed by atoms with Gasteiger partial charge in [0.25, 0.3) is 0 Å². The normalized spacial score (nSPS) is 25.6. The van der Waals surface area contributed by atoms with Crippen LogP contribution in [0.5, 0.6) is 5.75 Å². The summed E-state index contributed by atoms with van der Waals surface area (Å²) < 4.78 is 6.64. The topological polar surface area (TPSA) is 44.8 Å². The Kier molecular flexibility index (Phi) is 4.93. The smallest absolute Gasteiger partial charge is 0.240 e. The van der Waals surface area contributed by atoms with Crippen LogP contribution in [0.1, 0.15) is 43.7 Å². The number of hydrogen-bond donors (Lipinski definition) is 1. The van der Waals surface area contributed by atoms with Crippen molar-refractivity contribution in [3.8, 4) is 5.75 Å². The minimum atomic E-state index is -0.250. The number of nitrogens with one attached hydrogen (secondary N) is 1. The lowest BCUT2D eigenvalue weighted by Crippen LogP contribution is -2.55. The summed E-state index contributed by atoms with van der Waals surface area (Å²) in [5.74, 6) is 1.22. The number of carbonyl (C=O) groups excluding carboxylic acids is 1. The first-order valence-electron chi connectivity index (χ1n) is 10.1. The Balaban J connectivity index is 1.63. The lowest BCUT2D eigenvalue weighted by Gasteiger charge is -2.42. The van der Waals surface area contributed by atoms with Crippen molar-refractivity contribution < 1.29 is 9.53 Å². The van der Waals surface area contributed by atoms with E-state index in [1.165, 1.54) is 5.56 Å². The maximum atomic E-state index is 13.2. The second-order valence-corrected chi connectivity index (χ2v) is 8.17. The molecule has 1 aromatic carbocycles. The molecule has 1 N–H and O–H groups in total. The molecule has 142 valence electrons. The molecule has 1 amide bonds. The molecule has 1 aromatic rings. The number of hydrogen-bond acceptors (Lipinski definition) is 4. The van der Waals surface area contributed by atoms with Gasteiger partial charge in [0.1, 0.15) is 11.4 Å². The average molecular weight is 357 g/mol. The zero-order valence-electron chi connectivity index (χ0n) is 16.1. The third-order valence-electron chi connectivity index (χ3n) is 6.27. The van der Waals surface area contributed by atoms with E-state index in [0.717, 1.165) is 63.2 Å². The van der Waals surface area contributed by atoms with Gasteiger partial charge in [-0.3, -0.25) is 4.79 Å². The number of aryl methyl sites for hydroxylation is 1. The molecule has 1 spiro atoms. The monoisotopic (exact) mass is 357 g/mol. The standard InChI is InChI=1S/C21H31N3O2/c1-3-23-11-8-21(9-12-23)15-24(20(25)18-5-4-10-22-18)14-17-13-16(2)6-7-19(17)26-21/h6-7,13,18,22H,3-5,8-12,14-15H2,1-2H3/t18-/m0/s1. The average Bonchev–Trinajstić information content (AvgIpc) is 3.13. The van der Waals surface area contributed by atoms with Crippen LogP contribution in [-0.2, 0) is 11.3 Å². The van der Waals surface area contributed by atoms with Crippen LogP contribution in [0, 0.1) is 6.92 Å². The SMILES string of the molecule is CCN1CCC2(CC1)CN(C(=O)[C@@H]1CCCN1)Cc1cc(C)ccc1O2. The molecule has 3 aliphatic rings. The molecule has 26 heavy (non-hydrogen) atoms. The largest absolute Gasteiger partial charge is 0.485 e. The molecule has 0 saturated carbocycles. The third-order valence-corrected chi connectivity index (χ3v) is 6.27. The van der Waals surface area contributed by atoms with Crippen molar-refractivity contribution >= 4 is 5.91 Å². The highest BCUT2D eigenvalue weighted by Crippen LogP contribution is 2.36. The van der Waals surface area contributed by atoms with Crippen LogP contribution in [-0.4, -0.2) is 60.1 Å². The number of ether oxygens (including phenoxy) is 1. The van der Waals surface area contributed by atoms with Crippen molar-refractivity contribution in [1.29, 1.82) is 0 Å². The zero-order valence-corrected chi connectivity index (χ0v) is 16.1. The second kappa shape index (κ2) is 7.20. The molecule has 5 heteroatoms. The Morgan fingerprint density at radius 1 is 1.35 bits per heavy atom. The Hall–Kier alpha value is -1.59. The lowest BCUT2D eigenvalue weighted by atomic mass is 9.90. The molecule has 4 rings (SSSR count). The van der Waals surface area contributed by atoms with Crippen molar-refractivity contribution in [3.63, 3.8) is 0 Å². The van der Waals surface area contributed by atoms with Crippen molar-refractivity contribution in [2.75, 3.05) is 32.7 Å². The number of benzene rings is 1. The van der Waals surface area contributed by atoms with Crippen molar-refractivity contribution in [1.82, 2.24) is 15.1 Å². The first-order valence-corrected chi connectivity index (χ1v) is 10.1. The maximum Gasteiger partial charge on any atom is 0.240 e. The fourth-order valence-corrected chi connectivity index (χ4v) is 4.61. The predicted octanol–water partition coefficient (Wildman–Crippen LogP) is 2.32. The van der Waals surface area contributed by atoms with Crippen LogP contribution < -0.4 is 10.1 Å². The first kappa shape index (κ1) is 17.8. The van der Waals surface area contributed by atoms with E-state index in [1.54, 1.807) is 0 Å². The number of likely N-dealkylation sites (tertiary alicyclic amines) is 1. The third kappa shape index (κ3) is 3.47. The van der Waals surface area contributed by atoms with Gasteiger partial charge in [0, 0.05) is 38.0 Å². The Labute approximate surface area is 156 Å². The summed E-state index contributed by atoms with van der Waals surface area (Å²) in [6.45, 7) is 9.80. The minimum Gasteiger partial charge on any atom is -0.485 e. The molecule has 0 bridgehead atoms. The van der Waals surface area contributed by atoms with E-state index < -0.39 is 0 Å². The highest BCUT2D eigenvalue weighted by molar-refractivity contribution is 5.82. The van der Waals surface area contributed by atoms with Crippen LogP contribution in [0.3, 0.4) is 0 Å². The Bertz CT molecular complexity index is 661. The second-order valence-electron chi connectivity index (χ2n) is 8.17. The molecular weight excluding hydrogens is 326 g/mol. The molecule has 0 unspecified atom stereocenters. The quantitative estimate of drug-likeness (QED) is 0.882. The lowest BCUT2D eigenvalue weighted by molar-refractivity contribution is -0.137. The molecular formula is C21H31N3O2. The van der Waals surface area contributed by atoms with E-state index in [1.807, 2.05) is 0 Å². The molecule has 2 fully saturated rings. The molecule has 3 aliphatic heterocycles. The molecule has 0 radical (unpaired) electrons. The summed E-state index contributed by atoms with van der Waals surface area (Å²) in [5.41, 5.74) is 2.11. The number of rotatable bonds is 2. The van der Waals surface area contributed by atoms with Gasteiger partial charge in [0.2, 0.25) is 5.91 Å². The van der Waals surface area contributed by atoms with Gasteiger partial charge >= 0.3 is 0 Å². The van der Waals surface area contributed by atoms with Crippen LogP contribution in [0.4, 0.5) is 0 Å². The summed E-state index contributed by atoms with van der Waals surface area (Å²) in [5, 5.41) is 3.38. The molecule has 1 atom stereocenters. The van der Waals surface area contributed by atoms with Crippen molar-refractivity contribution in [2.24, 2.45) is 0 Å². The molecule has 3 heterocycles. The van der Waals surface area contributed by atoms with Gasteiger partial charge in [-0.15, -0.1) is 0 Å². The van der Waals surface area contributed by atoms with Crippen LogP contribution >= 0.6 is 0 Å². The van der Waals surface area contributed by atoms with Crippen LogP contribution in [0.2, 0.25) is 0 Å². The highest BCUT2D eigenvalue weighted by atomic mass is 16.5. The zero-order chi connectivity index (χ0) is 18.1. The minimum absolute atomic E-state index is 0.0193. The van der Waals surface area contributed by atoms with Crippen molar-refractivity contribution in [2.45, 2.75) is 57.7 Å². The summed E-state index contributed by atoms with van der Waals surface area (Å²) in [6.07, 6.45) is 4.01. The molecule has 2 saturated heterocycles. The summed E-state index contributed by atoms with van der Waals surface area (Å²) in [7, 11) is 0. The summed E-state index contributed by atoms with van der Waals surface area (Å²) >= 11 is 0. The van der Waals surface area contributed by atoms with Crippen LogP contribution in [0.15, 0.2) is 18.2 Å². The number of amides is 1. The highest BCUT2D eigenvalue weighted by Gasteiger charge is 2.42. The van der Waals surface area contributed by atoms with Gasteiger partial charge in [-0.2, -0.15) is 0 Å². The predicted molar refractivity (Wildman–Crippen MR) is 102 cm³/mol. The molecule has 0 aromatic heterocycles. The van der Waals surface area contributed by atoms with E-state index in [2.05, 4.69) is 47.2 Å². The van der Waals surface area contributed by atoms with Gasteiger partial charge in [-0.05, 0) is 38.9 Å². The molecule has 0 aliphatic carbocycles. The van der Waals surface area contributed by atoms with Gasteiger partial charge in [0.15, 0.2) is 0 Å². The Morgan fingerprint density at radius 3 is 2.85 bits per heavy atom. The van der Waals surface area contributed by atoms with E-state index in [0.29, 0.717) is 13.1 Å². The maximum absolute atomic E-state index is 13.2. The van der Waals surface area contributed by atoms with Crippen molar-refractivity contribution in [3.05, 3.63) is 29.3 Å². The number of piperidine rings is 1. The van der Waals surface area contributed by atoms with Gasteiger partial charge in [-0.1, -0.05) is 24.6 Å². The fourth-order valence-electron chi connectivity index (χ4n) is 4.61. The van der Waals surface area contributed by atoms with Gasteiger partial charge < -0.3 is 19.9 Å². The van der Waals surface area contributed by atoms with E-state index in [4.69, 9.17) is 4.74 Å². The number of carbonyl (C=O) groups is 1. The Morgan fingerprint density at radius 2 is 2.15 bits per heavy atom. The summed E-state index contributed by atoms with van der Waals surface area (Å²) in [6, 6.07) is 6.37. The van der Waals surface area contributed by atoms with Crippen LogP contribution in [0.25, 0.3) is 0 Å². The van der Waals surface area contributed by atoms with Gasteiger partial charge in [0.05, 0.1) is 12.6 Å². The van der Waals surface area contributed by atoms with Gasteiger partial charge in [-0.25, -0.2) is 0 Å². The van der Waals surface area contributed by atoms with E-state index in [-0.39, 0.29) is 17.6 Å². The number of nitrogens with zero attached hydrogens (tertiary/aromatic N) is 2. The first-order chi connectivity index (χ1) is 12.6. The number of fused-ring (bicyclic) bond motifs is 1.